The average Bonchev–Trinajstić information content (AvgIpc) is 2.72. The Balaban J connectivity index is 1.85. The van der Waals surface area contributed by atoms with Gasteiger partial charge < -0.3 is 0 Å². The van der Waals surface area contributed by atoms with Gasteiger partial charge in [0.1, 0.15) is 0 Å². The normalized spacial score (nSPS) is 12.4. The van der Waals surface area contributed by atoms with Gasteiger partial charge in [0.05, 0.1) is 0 Å². The number of aryl methyl sites for hydroxylation is 3. The Labute approximate surface area is 173 Å². The number of rotatable bonds is 0. The second-order valence-electron chi connectivity index (χ2n) is 8.49. The monoisotopic (exact) mass is 374 g/mol. The molecule has 0 bridgehead atoms. The van der Waals surface area contributed by atoms with Crippen LogP contribution in [-0.2, 0) is 12.8 Å². The average molecular weight is 375 g/mol. The Morgan fingerprint density at radius 1 is 0.414 bits per heavy atom. The summed E-state index contributed by atoms with van der Waals surface area (Å²) in [5, 5.41) is 0. The van der Waals surface area contributed by atoms with Crippen LogP contribution >= 0.6 is 0 Å². The second kappa shape index (κ2) is 7.04. The minimum absolute atomic E-state index is 0.951. The molecule has 0 fully saturated rings. The lowest BCUT2D eigenvalue weighted by Crippen LogP contribution is -2.03. The van der Waals surface area contributed by atoms with Gasteiger partial charge >= 0.3 is 0 Å². The topological polar surface area (TPSA) is 0 Å². The minimum atomic E-state index is 0.951. The van der Waals surface area contributed by atoms with Crippen LogP contribution in [0.3, 0.4) is 0 Å². The van der Waals surface area contributed by atoms with Gasteiger partial charge in [0.25, 0.3) is 0 Å². The van der Waals surface area contributed by atoms with E-state index in [9.17, 15) is 0 Å². The van der Waals surface area contributed by atoms with Gasteiger partial charge in [0.15, 0.2) is 0 Å². The van der Waals surface area contributed by atoms with Crippen molar-refractivity contribution in [3.63, 3.8) is 0 Å². The maximum absolute atomic E-state index is 2.37. The molecule has 0 aliphatic heterocycles. The Morgan fingerprint density at radius 3 is 1.28 bits per heavy atom. The van der Waals surface area contributed by atoms with Crippen LogP contribution in [0.15, 0.2) is 78.9 Å². The zero-order chi connectivity index (χ0) is 20.0. The van der Waals surface area contributed by atoms with Crippen LogP contribution < -0.4 is 0 Å². The second-order valence-corrected chi connectivity index (χ2v) is 8.49. The van der Waals surface area contributed by atoms with Crippen molar-refractivity contribution >= 4 is 0 Å². The number of hydrogen-bond donors (Lipinski definition) is 0. The van der Waals surface area contributed by atoms with E-state index in [2.05, 4.69) is 99.6 Å². The molecule has 0 spiro atoms. The molecule has 0 amide bonds. The smallest absolute Gasteiger partial charge is 0.00134 e. The molecule has 0 unspecified atom stereocenters. The summed E-state index contributed by atoms with van der Waals surface area (Å²) in [7, 11) is 0. The van der Waals surface area contributed by atoms with Crippen LogP contribution in [-0.4, -0.2) is 0 Å². The van der Waals surface area contributed by atoms with E-state index in [1.807, 2.05) is 0 Å². The highest BCUT2D eigenvalue weighted by molar-refractivity contribution is 5.78. The zero-order valence-corrected chi connectivity index (χ0v) is 17.4. The fourth-order valence-electron chi connectivity index (χ4n) is 4.63. The molecule has 1 aliphatic carbocycles. The molecule has 0 atom stereocenters. The summed E-state index contributed by atoms with van der Waals surface area (Å²) in [6.07, 6.45) is 1.90. The Morgan fingerprint density at radius 2 is 0.793 bits per heavy atom. The standard InChI is InChI=1S/C29H26/c1-19-8-11-23-18-25-13-10-21(3)16-29(25)28-15-20(2)9-12-24(28)17-22-6-4-5-7-26(22)27(23)14-19/h4-16H,17-18H2,1-3H3. The van der Waals surface area contributed by atoms with E-state index in [1.54, 1.807) is 0 Å². The SMILES string of the molecule is Cc1ccc2c(c1)-c1ccccc1Cc1ccc(C)cc1-c1cc(C)ccc1C2. The molecule has 5 rings (SSSR count). The fourth-order valence-corrected chi connectivity index (χ4v) is 4.63. The molecular formula is C29H26. The maximum Gasteiger partial charge on any atom is -0.00134 e. The molecule has 4 aromatic carbocycles. The van der Waals surface area contributed by atoms with Crippen molar-refractivity contribution in [2.24, 2.45) is 0 Å². The molecule has 142 valence electrons. The third-order valence-electron chi connectivity index (χ3n) is 6.16. The van der Waals surface area contributed by atoms with E-state index in [-0.39, 0.29) is 0 Å². The number of benzene rings is 4. The van der Waals surface area contributed by atoms with Gasteiger partial charge in [-0.1, -0.05) is 95.6 Å². The summed E-state index contributed by atoms with van der Waals surface area (Å²) in [6.45, 7) is 6.58. The largest absolute Gasteiger partial charge is 0.0619 e. The first kappa shape index (κ1) is 17.9. The third kappa shape index (κ3) is 3.29. The van der Waals surface area contributed by atoms with Crippen molar-refractivity contribution < 1.29 is 0 Å². The van der Waals surface area contributed by atoms with Crippen molar-refractivity contribution in [2.75, 3.05) is 0 Å². The molecule has 0 heteroatoms. The first-order valence-electron chi connectivity index (χ1n) is 10.5. The van der Waals surface area contributed by atoms with Gasteiger partial charge in [-0.25, -0.2) is 0 Å². The highest BCUT2D eigenvalue weighted by Crippen LogP contribution is 2.38. The van der Waals surface area contributed by atoms with Crippen LogP contribution in [0, 0.1) is 20.8 Å². The summed E-state index contributed by atoms with van der Waals surface area (Å²) in [6, 6.07) is 29.8. The summed E-state index contributed by atoms with van der Waals surface area (Å²) >= 11 is 0. The first-order valence-corrected chi connectivity index (χ1v) is 10.5. The first-order chi connectivity index (χ1) is 14.1. The van der Waals surface area contributed by atoms with E-state index in [1.165, 1.54) is 61.2 Å². The summed E-state index contributed by atoms with van der Waals surface area (Å²) in [4.78, 5) is 0. The van der Waals surface area contributed by atoms with Gasteiger partial charge in [0, 0.05) is 0 Å². The molecule has 4 aromatic rings. The molecule has 29 heavy (non-hydrogen) atoms. The Kier molecular flexibility index (Phi) is 4.36. The fraction of sp³-hybridized carbons (Fsp3) is 0.172. The van der Waals surface area contributed by atoms with Crippen LogP contribution in [0.4, 0.5) is 0 Å². The molecule has 0 heterocycles. The van der Waals surface area contributed by atoms with Gasteiger partial charge in [-0.15, -0.1) is 0 Å². The molecule has 0 aromatic heterocycles. The van der Waals surface area contributed by atoms with Crippen molar-refractivity contribution in [1.29, 1.82) is 0 Å². The predicted octanol–water partition coefficient (Wildman–Crippen LogP) is 7.44. The minimum Gasteiger partial charge on any atom is -0.0619 e. The van der Waals surface area contributed by atoms with Crippen LogP contribution in [0.1, 0.15) is 38.9 Å². The lowest BCUT2D eigenvalue weighted by molar-refractivity contribution is 1.14. The number of fused-ring (bicyclic) bond motifs is 6. The van der Waals surface area contributed by atoms with Gasteiger partial charge in [-0.05, 0) is 78.1 Å². The van der Waals surface area contributed by atoms with E-state index in [4.69, 9.17) is 0 Å². The summed E-state index contributed by atoms with van der Waals surface area (Å²) in [5.41, 5.74) is 15.1. The molecule has 1 aliphatic rings. The highest BCUT2D eigenvalue weighted by atomic mass is 14.2. The molecule has 0 saturated heterocycles. The molecule has 0 saturated carbocycles. The van der Waals surface area contributed by atoms with Crippen molar-refractivity contribution in [3.8, 4) is 22.3 Å². The number of hydrogen-bond acceptors (Lipinski definition) is 0. The molecule has 0 radical (unpaired) electrons. The zero-order valence-electron chi connectivity index (χ0n) is 17.4. The van der Waals surface area contributed by atoms with Crippen LogP contribution in [0.2, 0.25) is 0 Å². The summed E-state index contributed by atoms with van der Waals surface area (Å²) in [5.74, 6) is 0. The van der Waals surface area contributed by atoms with Crippen LogP contribution in [0.5, 0.6) is 0 Å². The molecule has 0 nitrogen and oxygen atoms in total. The maximum atomic E-state index is 2.37. The van der Waals surface area contributed by atoms with Crippen molar-refractivity contribution in [3.05, 3.63) is 118 Å². The van der Waals surface area contributed by atoms with E-state index in [0.29, 0.717) is 0 Å². The highest BCUT2D eigenvalue weighted by Gasteiger charge is 2.18. The van der Waals surface area contributed by atoms with E-state index in [0.717, 1.165) is 12.8 Å². The summed E-state index contributed by atoms with van der Waals surface area (Å²) < 4.78 is 0. The van der Waals surface area contributed by atoms with E-state index < -0.39 is 0 Å². The predicted molar refractivity (Wildman–Crippen MR) is 124 cm³/mol. The lowest BCUT2D eigenvalue weighted by Gasteiger charge is -2.22. The quantitative estimate of drug-likeness (QED) is 0.264. The van der Waals surface area contributed by atoms with Crippen molar-refractivity contribution in [1.82, 2.24) is 0 Å². The van der Waals surface area contributed by atoms with Gasteiger partial charge in [-0.3, -0.25) is 0 Å². The van der Waals surface area contributed by atoms with Gasteiger partial charge in [-0.2, -0.15) is 0 Å². The Hall–Kier alpha value is -3.12. The van der Waals surface area contributed by atoms with E-state index >= 15 is 0 Å². The molecular weight excluding hydrogens is 348 g/mol. The molecule has 0 N–H and O–H groups in total. The Bertz CT molecular complexity index is 1230. The lowest BCUT2D eigenvalue weighted by atomic mass is 9.83. The van der Waals surface area contributed by atoms with Crippen molar-refractivity contribution in [2.45, 2.75) is 33.6 Å². The third-order valence-corrected chi connectivity index (χ3v) is 6.16. The van der Waals surface area contributed by atoms with Gasteiger partial charge in [0.2, 0.25) is 0 Å². The van der Waals surface area contributed by atoms with Crippen LogP contribution in [0.25, 0.3) is 22.3 Å².